The molecule has 0 fully saturated rings. The summed E-state index contributed by atoms with van der Waals surface area (Å²) in [6, 6.07) is 14.3. The molecule has 0 saturated carbocycles. The van der Waals surface area contributed by atoms with Crippen LogP contribution >= 0.6 is 23.5 Å². The highest BCUT2D eigenvalue weighted by atomic mass is 32.2. The average molecular weight is 376 g/mol. The van der Waals surface area contributed by atoms with Gasteiger partial charge in [-0.05, 0) is 48.9 Å². The fourth-order valence-corrected chi connectivity index (χ4v) is 3.68. The van der Waals surface area contributed by atoms with Crippen LogP contribution in [0.5, 0.6) is 5.75 Å². The van der Waals surface area contributed by atoms with Crippen molar-refractivity contribution >= 4 is 23.5 Å². The molecule has 4 nitrogen and oxygen atoms in total. The molecule has 0 saturated heterocycles. The first-order chi connectivity index (χ1) is 12.2. The van der Waals surface area contributed by atoms with Crippen molar-refractivity contribution in [2.75, 3.05) is 11.5 Å². The van der Waals surface area contributed by atoms with Crippen molar-refractivity contribution in [3.8, 4) is 5.75 Å². The highest BCUT2D eigenvalue weighted by Crippen LogP contribution is 2.23. The van der Waals surface area contributed by atoms with Crippen molar-refractivity contribution in [3.05, 3.63) is 65.8 Å². The molecule has 0 N–H and O–H groups in total. The van der Waals surface area contributed by atoms with Crippen molar-refractivity contribution in [2.24, 2.45) is 0 Å². The maximum Gasteiger partial charge on any atom is 0.276 e. The summed E-state index contributed by atoms with van der Waals surface area (Å²) in [5, 5.41) is 8.53. The zero-order chi connectivity index (χ0) is 17.5. The molecular weight excluding hydrogens is 359 g/mol. The van der Waals surface area contributed by atoms with Gasteiger partial charge in [-0.1, -0.05) is 23.9 Å². The van der Waals surface area contributed by atoms with Gasteiger partial charge in [-0.2, -0.15) is 0 Å². The second-order valence-electron chi connectivity index (χ2n) is 5.22. The summed E-state index contributed by atoms with van der Waals surface area (Å²) in [5.41, 5.74) is 1.14. The van der Waals surface area contributed by atoms with Crippen molar-refractivity contribution in [3.63, 3.8) is 0 Å². The Morgan fingerprint density at radius 2 is 1.84 bits per heavy atom. The molecule has 1 heterocycles. The minimum Gasteiger partial charge on any atom is -0.484 e. The van der Waals surface area contributed by atoms with Crippen LogP contribution in [0.1, 0.15) is 11.5 Å². The number of thioether (sulfide) groups is 2. The van der Waals surface area contributed by atoms with Crippen LogP contribution in [-0.4, -0.2) is 21.7 Å². The van der Waals surface area contributed by atoms with E-state index in [1.807, 2.05) is 31.2 Å². The molecule has 130 valence electrons. The van der Waals surface area contributed by atoms with Crippen LogP contribution in [0.25, 0.3) is 0 Å². The van der Waals surface area contributed by atoms with Gasteiger partial charge in [-0.15, -0.1) is 22.0 Å². The number of aryl methyl sites for hydroxylation is 1. The summed E-state index contributed by atoms with van der Waals surface area (Å²) in [5.74, 6) is 2.71. The van der Waals surface area contributed by atoms with Gasteiger partial charge in [0.15, 0.2) is 6.61 Å². The predicted octanol–water partition coefficient (Wildman–Crippen LogP) is 4.98. The molecule has 3 aromatic rings. The normalized spacial score (nSPS) is 10.8. The lowest BCUT2D eigenvalue weighted by Crippen LogP contribution is -1.95. The average Bonchev–Trinajstić information content (AvgIpc) is 3.06. The third kappa shape index (κ3) is 5.79. The van der Waals surface area contributed by atoms with E-state index < -0.39 is 0 Å². The summed E-state index contributed by atoms with van der Waals surface area (Å²) in [7, 11) is 0. The fourth-order valence-electron chi connectivity index (χ4n) is 2.02. The molecular formula is C18H17FN2O2S2. The number of benzene rings is 2. The number of halogens is 1. The number of ether oxygens (including phenoxy) is 1. The molecule has 0 bridgehead atoms. The van der Waals surface area contributed by atoms with E-state index in [-0.39, 0.29) is 12.4 Å². The standard InChI is InChI=1S/C18H17FN2O2S2/c1-13-3-2-4-15(11-13)22-12-17-20-21-18(23-17)25-10-9-24-16-7-5-14(19)6-8-16/h2-8,11H,9-10,12H2,1H3. The van der Waals surface area contributed by atoms with Crippen LogP contribution in [0.2, 0.25) is 0 Å². The molecule has 1 aromatic heterocycles. The molecule has 0 aliphatic carbocycles. The lowest BCUT2D eigenvalue weighted by Gasteiger charge is -2.03. The SMILES string of the molecule is Cc1cccc(OCc2nnc(SCCSc3ccc(F)cc3)o2)c1. The van der Waals surface area contributed by atoms with Crippen molar-refractivity contribution in [1.82, 2.24) is 10.2 Å². The van der Waals surface area contributed by atoms with Crippen LogP contribution in [0.3, 0.4) is 0 Å². The van der Waals surface area contributed by atoms with Gasteiger partial charge in [0.25, 0.3) is 11.1 Å². The Morgan fingerprint density at radius 3 is 2.64 bits per heavy atom. The van der Waals surface area contributed by atoms with Crippen molar-refractivity contribution in [2.45, 2.75) is 23.6 Å². The molecule has 0 radical (unpaired) electrons. The van der Waals surface area contributed by atoms with Gasteiger partial charge in [0.2, 0.25) is 0 Å². The van der Waals surface area contributed by atoms with Crippen LogP contribution in [0.15, 0.2) is 63.1 Å². The highest BCUT2D eigenvalue weighted by Gasteiger charge is 2.07. The molecule has 0 aliphatic rings. The van der Waals surface area contributed by atoms with Crippen LogP contribution in [-0.2, 0) is 6.61 Å². The van der Waals surface area contributed by atoms with Crippen LogP contribution in [0, 0.1) is 12.7 Å². The van der Waals surface area contributed by atoms with E-state index in [0.717, 1.165) is 27.7 Å². The smallest absolute Gasteiger partial charge is 0.276 e. The Bertz CT molecular complexity index is 809. The topological polar surface area (TPSA) is 48.2 Å². The van der Waals surface area contributed by atoms with Gasteiger partial charge in [-0.3, -0.25) is 0 Å². The molecule has 0 amide bonds. The van der Waals surface area contributed by atoms with Gasteiger partial charge in [0.1, 0.15) is 11.6 Å². The summed E-state index contributed by atoms with van der Waals surface area (Å²) >= 11 is 3.16. The Morgan fingerprint density at radius 1 is 1.04 bits per heavy atom. The third-order valence-corrected chi connectivity index (χ3v) is 5.28. The quantitative estimate of drug-likeness (QED) is 0.408. The first-order valence-electron chi connectivity index (χ1n) is 7.72. The zero-order valence-corrected chi connectivity index (χ0v) is 15.3. The van der Waals surface area contributed by atoms with Crippen molar-refractivity contribution in [1.29, 1.82) is 0 Å². The minimum atomic E-state index is -0.218. The van der Waals surface area contributed by atoms with Gasteiger partial charge in [-0.25, -0.2) is 4.39 Å². The minimum absolute atomic E-state index is 0.218. The first kappa shape index (κ1) is 17.8. The summed E-state index contributed by atoms with van der Waals surface area (Å²) in [4.78, 5) is 1.04. The van der Waals surface area contributed by atoms with Gasteiger partial charge >= 0.3 is 0 Å². The van der Waals surface area contributed by atoms with E-state index in [0.29, 0.717) is 11.1 Å². The Kier molecular flexibility index (Phi) is 6.36. The largest absolute Gasteiger partial charge is 0.484 e. The molecule has 3 rings (SSSR count). The van der Waals surface area contributed by atoms with E-state index in [9.17, 15) is 4.39 Å². The molecule has 0 aliphatic heterocycles. The predicted molar refractivity (Wildman–Crippen MR) is 97.7 cm³/mol. The Labute approximate surface area is 154 Å². The first-order valence-corrected chi connectivity index (χ1v) is 9.69. The molecule has 0 atom stereocenters. The number of hydrogen-bond acceptors (Lipinski definition) is 6. The second-order valence-corrected chi connectivity index (χ2v) is 7.43. The van der Waals surface area contributed by atoms with Crippen molar-refractivity contribution < 1.29 is 13.5 Å². The molecule has 25 heavy (non-hydrogen) atoms. The summed E-state index contributed by atoms with van der Waals surface area (Å²) in [6.45, 7) is 2.26. The summed E-state index contributed by atoms with van der Waals surface area (Å²) in [6.07, 6.45) is 0. The Balaban J connectivity index is 1.40. The van der Waals surface area contributed by atoms with E-state index in [4.69, 9.17) is 9.15 Å². The monoisotopic (exact) mass is 376 g/mol. The molecule has 7 heteroatoms. The number of nitrogens with zero attached hydrogens (tertiary/aromatic N) is 2. The maximum absolute atomic E-state index is 12.8. The third-order valence-electron chi connectivity index (χ3n) is 3.19. The summed E-state index contributed by atoms with van der Waals surface area (Å²) < 4.78 is 24.0. The zero-order valence-electron chi connectivity index (χ0n) is 13.6. The number of hydrogen-bond donors (Lipinski definition) is 0. The molecule has 0 spiro atoms. The number of rotatable bonds is 8. The van der Waals surface area contributed by atoms with Gasteiger partial charge in [0.05, 0.1) is 0 Å². The fraction of sp³-hybridized carbons (Fsp3) is 0.222. The van der Waals surface area contributed by atoms with E-state index in [2.05, 4.69) is 10.2 Å². The molecule has 0 unspecified atom stereocenters. The van der Waals surface area contributed by atoms with E-state index in [1.165, 1.54) is 23.9 Å². The maximum atomic E-state index is 12.8. The lowest BCUT2D eigenvalue weighted by atomic mass is 10.2. The lowest BCUT2D eigenvalue weighted by molar-refractivity contribution is 0.252. The molecule has 2 aromatic carbocycles. The van der Waals surface area contributed by atoms with E-state index >= 15 is 0 Å². The van der Waals surface area contributed by atoms with Gasteiger partial charge in [0, 0.05) is 16.4 Å². The second kappa shape index (κ2) is 8.92. The van der Waals surface area contributed by atoms with Crippen LogP contribution in [0.4, 0.5) is 4.39 Å². The highest BCUT2D eigenvalue weighted by molar-refractivity contribution is 8.02. The Hall–Kier alpha value is -1.99. The van der Waals surface area contributed by atoms with E-state index in [1.54, 1.807) is 23.9 Å². The van der Waals surface area contributed by atoms with Crippen LogP contribution < -0.4 is 4.74 Å². The van der Waals surface area contributed by atoms with Gasteiger partial charge < -0.3 is 9.15 Å². The number of aromatic nitrogens is 2.